The van der Waals surface area contributed by atoms with Crippen molar-refractivity contribution in [2.24, 2.45) is 0 Å². The van der Waals surface area contributed by atoms with Crippen LogP contribution in [0.5, 0.6) is 0 Å². The first kappa shape index (κ1) is 14.4. The van der Waals surface area contributed by atoms with Gasteiger partial charge < -0.3 is 15.0 Å². The molecule has 3 nitrogen and oxygen atoms in total. The van der Waals surface area contributed by atoms with Crippen molar-refractivity contribution in [2.75, 3.05) is 38.3 Å². The van der Waals surface area contributed by atoms with Crippen LogP contribution in [0.15, 0.2) is 24.3 Å². The minimum Gasteiger partial charge on any atom is -0.385 e. The van der Waals surface area contributed by atoms with Crippen LogP contribution in [0.4, 0.5) is 5.69 Å². The lowest BCUT2D eigenvalue weighted by atomic mass is 9.96. The lowest BCUT2D eigenvalue weighted by Crippen LogP contribution is -2.36. The third-order valence-electron chi connectivity index (χ3n) is 3.76. The average Bonchev–Trinajstić information content (AvgIpc) is 2.46. The number of para-hydroxylation sites is 1. The van der Waals surface area contributed by atoms with Gasteiger partial charge in [-0.05, 0) is 37.4 Å². The van der Waals surface area contributed by atoms with Crippen LogP contribution in [0.25, 0.3) is 0 Å². The molecule has 2 rings (SSSR count). The Balaban J connectivity index is 2.05. The van der Waals surface area contributed by atoms with Crippen molar-refractivity contribution in [1.29, 1.82) is 0 Å². The fourth-order valence-electron chi connectivity index (χ4n) is 2.79. The summed E-state index contributed by atoms with van der Waals surface area (Å²) < 4.78 is 5.16. The molecule has 1 atom stereocenters. The van der Waals surface area contributed by atoms with Gasteiger partial charge in [0.15, 0.2) is 0 Å². The Hall–Kier alpha value is -1.06. The Kier molecular flexibility index (Phi) is 5.67. The van der Waals surface area contributed by atoms with E-state index >= 15 is 0 Å². The SMILES string of the molecule is CCCNC1CCN(CCCOC)c2ccccc21. The summed E-state index contributed by atoms with van der Waals surface area (Å²) in [5.41, 5.74) is 2.86. The van der Waals surface area contributed by atoms with Gasteiger partial charge in [0.25, 0.3) is 0 Å². The second kappa shape index (κ2) is 7.51. The van der Waals surface area contributed by atoms with E-state index in [1.54, 1.807) is 7.11 Å². The molecular formula is C16H26N2O. The van der Waals surface area contributed by atoms with Crippen molar-refractivity contribution in [1.82, 2.24) is 5.32 Å². The Labute approximate surface area is 116 Å². The van der Waals surface area contributed by atoms with Crippen LogP contribution >= 0.6 is 0 Å². The highest BCUT2D eigenvalue weighted by Crippen LogP contribution is 2.33. The second-order valence-corrected chi connectivity index (χ2v) is 5.19. The van der Waals surface area contributed by atoms with E-state index in [1.165, 1.54) is 24.1 Å². The molecule has 1 heterocycles. The van der Waals surface area contributed by atoms with E-state index in [2.05, 4.69) is 41.4 Å². The molecule has 0 aliphatic carbocycles. The first-order valence-corrected chi connectivity index (χ1v) is 7.43. The van der Waals surface area contributed by atoms with Gasteiger partial charge in [0, 0.05) is 38.5 Å². The zero-order valence-electron chi connectivity index (χ0n) is 12.2. The van der Waals surface area contributed by atoms with Gasteiger partial charge >= 0.3 is 0 Å². The molecule has 106 valence electrons. The minimum atomic E-state index is 0.523. The lowest BCUT2D eigenvalue weighted by Gasteiger charge is -2.36. The summed E-state index contributed by atoms with van der Waals surface area (Å²) >= 11 is 0. The van der Waals surface area contributed by atoms with Gasteiger partial charge in [-0.15, -0.1) is 0 Å². The molecule has 19 heavy (non-hydrogen) atoms. The third-order valence-corrected chi connectivity index (χ3v) is 3.76. The highest BCUT2D eigenvalue weighted by molar-refractivity contribution is 5.56. The van der Waals surface area contributed by atoms with E-state index in [-0.39, 0.29) is 0 Å². The van der Waals surface area contributed by atoms with Crippen molar-refractivity contribution in [3.8, 4) is 0 Å². The number of hydrogen-bond donors (Lipinski definition) is 1. The van der Waals surface area contributed by atoms with E-state index in [9.17, 15) is 0 Å². The Morgan fingerprint density at radius 3 is 3.00 bits per heavy atom. The summed E-state index contributed by atoms with van der Waals surface area (Å²) in [6, 6.07) is 9.34. The Morgan fingerprint density at radius 2 is 2.21 bits per heavy atom. The molecule has 0 aromatic heterocycles. The molecule has 1 aliphatic heterocycles. The number of benzene rings is 1. The van der Waals surface area contributed by atoms with E-state index in [0.29, 0.717) is 6.04 Å². The summed E-state index contributed by atoms with van der Waals surface area (Å²) in [6.45, 7) is 6.39. The van der Waals surface area contributed by atoms with Crippen LogP contribution < -0.4 is 10.2 Å². The van der Waals surface area contributed by atoms with Gasteiger partial charge in [-0.1, -0.05) is 25.1 Å². The maximum atomic E-state index is 5.16. The van der Waals surface area contributed by atoms with Crippen molar-refractivity contribution in [3.05, 3.63) is 29.8 Å². The highest BCUT2D eigenvalue weighted by Gasteiger charge is 2.23. The molecule has 1 aliphatic rings. The number of fused-ring (bicyclic) bond motifs is 1. The summed E-state index contributed by atoms with van der Waals surface area (Å²) in [6.07, 6.45) is 3.48. The molecule has 0 fully saturated rings. The zero-order chi connectivity index (χ0) is 13.5. The number of hydrogen-bond acceptors (Lipinski definition) is 3. The fourth-order valence-corrected chi connectivity index (χ4v) is 2.79. The standard InChI is InChI=1S/C16H26N2O/c1-3-10-17-15-9-12-18(11-6-13-19-2)16-8-5-4-7-14(15)16/h4-5,7-8,15,17H,3,6,9-13H2,1-2H3. The summed E-state index contributed by atoms with van der Waals surface area (Å²) in [7, 11) is 1.77. The maximum absolute atomic E-state index is 5.16. The molecule has 3 heteroatoms. The quantitative estimate of drug-likeness (QED) is 0.765. The van der Waals surface area contributed by atoms with Crippen molar-refractivity contribution >= 4 is 5.69 Å². The van der Waals surface area contributed by atoms with Crippen molar-refractivity contribution in [3.63, 3.8) is 0 Å². The summed E-state index contributed by atoms with van der Waals surface area (Å²) in [5, 5.41) is 3.66. The Morgan fingerprint density at radius 1 is 1.37 bits per heavy atom. The molecule has 1 aromatic carbocycles. The minimum absolute atomic E-state index is 0.523. The van der Waals surface area contributed by atoms with Gasteiger partial charge in [-0.3, -0.25) is 0 Å². The predicted octanol–water partition coefficient (Wildman–Crippen LogP) is 2.97. The molecule has 0 saturated heterocycles. The maximum Gasteiger partial charge on any atom is 0.0479 e. The molecule has 1 aromatic rings. The molecule has 1 unspecified atom stereocenters. The van der Waals surface area contributed by atoms with Crippen LogP contribution in [0.3, 0.4) is 0 Å². The number of nitrogens with zero attached hydrogens (tertiary/aromatic N) is 1. The number of methoxy groups -OCH3 is 1. The first-order chi connectivity index (χ1) is 9.36. The molecule has 0 spiro atoms. The smallest absolute Gasteiger partial charge is 0.0479 e. The molecule has 0 radical (unpaired) electrons. The van der Waals surface area contributed by atoms with Gasteiger partial charge in [0.1, 0.15) is 0 Å². The molecule has 1 N–H and O–H groups in total. The van der Waals surface area contributed by atoms with Crippen molar-refractivity contribution in [2.45, 2.75) is 32.2 Å². The van der Waals surface area contributed by atoms with Crippen LogP contribution in [0.1, 0.15) is 37.8 Å². The lowest BCUT2D eigenvalue weighted by molar-refractivity contribution is 0.196. The molecule has 0 amide bonds. The molecule has 0 bridgehead atoms. The third kappa shape index (κ3) is 3.71. The topological polar surface area (TPSA) is 24.5 Å². The molecule has 0 saturated carbocycles. The average molecular weight is 262 g/mol. The van der Waals surface area contributed by atoms with E-state index in [0.717, 1.165) is 32.7 Å². The molecular weight excluding hydrogens is 236 g/mol. The number of nitrogens with one attached hydrogen (secondary N) is 1. The van der Waals surface area contributed by atoms with Gasteiger partial charge in [0.05, 0.1) is 0 Å². The van der Waals surface area contributed by atoms with Gasteiger partial charge in [0.2, 0.25) is 0 Å². The van der Waals surface area contributed by atoms with Crippen LogP contribution in [0.2, 0.25) is 0 Å². The predicted molar refractivity (Wildman–Crippen MR) is 80.8 cm³/mol. The normalized spacial score (nSPS) is 18.4. The van der Waals surface area contributed by atoms with Crippen LogP contribution in [-0.4, -0.2) is 33.4 Å². The number of anilines is 1. The second-order valence-electron chi connectivity index (χ2n) is 5.19. The van der Waals surface area contributed by atoms with Crippen molar-refractivity contribution < 1.29 is 4.74 Å². The number of rotatable bonds is 7. The van der Waals surface area contributed by atoms with Crippen LogP contribution in [0, 0.1) is 0 Å². The Bertz CT molecular complexity index is 381. The van der Waals surface area contributed by atoms with Gasteiger partial charge in [-0.2, -0.15) is 0 Å². The number of ether oxygens (including phenoxy) is 1. The first-order valence-electron chi connectivity index (χ1n) is 7.43. The van der Waals surface area contributed by atoms with Gasteiger partial charge in [-0.25, -0.2) is 0 Å². The summed E-state index contributed by atoms with van der Waals surface area (Å²) in [4.78, 5) is 2.50. The van der Waals surface area contributed by atoms with E-state index in [1.807, 2.05) is 0 Å². The van der Waals surface area contributed by atoms with E-state index in [4.69, 9.17) is 4.74 Å². The fraction of sp³-hybridized carbons (Fsp3) is 0.625. The van der Waals surface area contributed by atoms with E-state index < -0.39 is 0 Å². The van der Waals surface area contributed by atoms with Crippen LogP contribution in [-0.2, 0) is 4.74 Å². The zero-order valence-corrected chi connectivity index (χ0v) is 12.2. The monoisotopic (exact) mass is 262 g/mol. The largest absolute Gasteiger partial charge is 0.385 e. The summed E-state index contributed by atoms with van der Waals surface area (Å²) in [5.74, 6) is 0. The highest BCUT2D eigenvalue weighted by atomic mass is 16.5.